The van der Waals surface area contributed by atoms with E-state index in [2.05, 4.69) is 0 Å². The minimum atomic E-state index is -1.71. The Bertz CT molecular complexity index is 1480. The van der Waals surface area contributed by atoms with Gasteiger partial charge in [0.25, 0.3) is 0 Å². The zero-order valence-corrected chi connectivity index (χ0v) is 22.6. The number of phenolic OH excluding ortho intramolecular Hbond substituents is 1. The highest BCUT2D eigenvalue weighted by Gasteiger charge is 2.61. The van der Waals surface area contributed by atoms with E-state index < -0.39 is 27.4 Å². The number of benzene rings is 3. The fourth-order valence-corrected chi connectivity index (χ4v) is 4.98. The first-order valence-electron chi connectivity index (χ1n) is 11.4. The average molecular weight is 571 g/mol. The molecule has 1 N–H and O–H groups in total. The van der Waals surface area contributed by atoms with E-state index >= 15 is 0 Å². The first-order valence-corrected chi connectivity index (χ1v) is 12.7. The second-order valence-electron chi connectivity index (χ2n) is 8.43. The van der Waals surface area contributed by atoms with E-state index in [0.717, 1.165) is 0 Å². The van der Waals surface area contributed by atoms with Gasteiger partial charge in [0.1, 0.15) is 11.2 Å². The van der Waals surface area contributed by atoms with Crippen molar-refractivity contribution in [2.24, 2.45) is 0 Å². The first kappa shape index (κ1) is 27.5. The number of halogens is 3. The zero-order chi connectivity index (χ0) is 27.6. The van der Waals surface area contributed by atoms with E-state index in [1.54, 1.807) is 49.5 Å². The molecule has 1 aliphatic heterocycles. The van der Waals surface area contributed by atoms with Crippen molar-refractivity contribution in [2.45, 2.75) is 9.71 Å². The maximum Gasteiger partial charge on any atom is 0.335 e. The lowest BCUT2D eigenvalue weighted by atomic mass is 9.69. The van der Waals surface area contributed by atoms with Crippen LogP contribution in [0.2, 0.25) is 0 Å². The molecule has 38 heavy (non-hydrogen) atoms. The van der Waals surface area contributed by atoms with Crippen LogP contribution in [0.3, 0.4) is 0 Å². The average Bonchev–Trinajstić information content (AvgIpc) is 3.38. The number of hydrogen-bond acceptors (Lipinski definition) is 5. The number of carbonyl (C=O) groups is 3. The van der Waals surface area contributed by atoms with Gasteiger partial charge < -0.3 is 14.7 Å². The number of ketones is 1. The first-order chi connectivity index (χ1) is 18.2. The highest BCUT2D eigenvalue weighted by Crippen LogP contribution is 2.57. The minimum Gasteiger partial charge on any atom is -0.507 e. The third-order valence-electron chi connectivity index (χ3n) is 6.50. The summed E-state index contributed by atoms with van der Waals surface area (Å²) in [6, 6.07) is 22.4. The number of carbonyl (C=O) groups excluding carboxylic acids is 3. The number of rotatable bonds is 4. The predicted molar refractivity (Wildman–Crippen MR) is 149 cm³/mol. The molecule has 0 aromatic heterocycles. The van der Waals surface area contributed by atoms with E-state index in [-0.39, 0.29) is 22.5 Å². The fourth-order valence-electron chi connectivity index (χ4n) is 4.98. The number of hydrogen-bond donors (Lipinski definition) is 1. The van der Waals surface area contributed by atoms with Gasteiger partial charge in [-0.2, -0.15) is 0 Å². The summed E-state index contributed by atoms with van der Waals surface area (Å²) in [5.41, 5.74) is 0.736. The molecule has 9 heteroatoms. The molecule has 3 aromatic rings. The number of methoxy groups -OCH3 is 1. The molecule has 1 atom stereocenters. The molecule has 0 unspecified atom stereocenters. The molecule has 1 heterocycles. The summed E-state index contributed by atoms with van der Waals surface area (Å²) in [7, 11) is 2.87. The standard InChI is InChI=1S/C28H21NO5.CHCl3/c1-29-22-14-8-7-13-20(22)28(27(29)33)21(26(32)34-2)16-19(17-10-4-3-5-11-17)24(28)25(31)18-12-6-9-15-23(18)30;2-1(3)4/h3-16,30H,1-2H3;1H/t28-;/m0./s1. The van der Waals surface area contributed by atoms with E-state index in [1.165, 1.54) is 24.1 Å². The zero-order valence-electron chi connectivity index (χ0n) is 20.3. The quantitative estimate of drug-likeness (QED) is 0.235. The third kappa shape index (κ3) is 4.49. The van der Waals surface area contributed by atoms with Gasteiger partial charge >= 0.3 is 5.97 Å². The summed E-state index contributed by atoms with van der Waals surface area (Å²) >= 11 is 14.4. The van der Waals surface area contributed by atoms with Crippen molar-refractivity contribution in [3.05, 3.63) is 113 Å². The number of Topliss-reactive ketones (excluding diaryl/α,β-unsaturated/α-hetero) is 1. The van der Waals surface area contributed by atoms with Crippen LogP contribution in [0.15, 0.2) is 96.1 Å². The molecule has 6 nitrogen and oxygen atoms in total. The highest BCUT2D eigenvalue weighted by atomic mass is 35.6. The van der Waals surface area contributed by atoms with Crippen molar-refractivity contribution in [3.8, 4) is 5.75 Å². The molecule has 5 rings (SSSR count). The van der Waals surface area contributed by atoms with Gasteiger partial charge in [-0.05, 0) is 35.4 Å². The Labute approximate surface area is 234 Å². The normalized spacial score (nSPS) is 17.8. The molecule has 1 amide bonds. The van der Waals surface area contributed by atoms with Crippen LogP contribution < -0.4 is 4.90 Å². The summed E-state index contributed by atoms with van der Waals surface area (Å²) in [5, 5.41) is 10.5. The van der Waals surface area contributed by atoms with Gasteiger partial charge in [-0.15, -0.1) is 0 Å². The van der Waals surface area contributed by atoms with Crippen molar-refractivity contribution in [1.82, 2.24) is 0 Å². The molecule has 1 aliphatic carbocycles. The smallest absolute Gasteiger partial charge is 0.335 e. The van der Waals surface area contributed by atoms with Crippen LogP contribution in [0, 0.1) is 0 Å². The lowest BCUT2D eigenvalue weighted by molar-refractivity contribution is -0.138. The Morgan fingerprint density at radius 3 is 2.13 bits per heavy atom. The summed E-state index contributed by atoms with van der Waals surface area (Å²) in [6.45, 7) is 0. The van der Waals surface area contributed by atoms with E-state index in [4.69, 9.17) is 39.5 Å². The number of nitrogens with zero attached hydrogens (tertiary/aromatic N) is 1. The van der Waals surface area contributed by atoms with Crippen LogP contribution in [0.25, 0.3) is 5.57 Å². The molecular weight excluding hydrogens is 549 g/mol. The number of allylic oxidation sites excluding steroid dienone is 2. The van der Waals surface area contributed by atoms with Gasteiger partial charge in [0.05, 0.1) is 18.2 Å². The Morgan fingerprint density at radius 1 is 0.921 bits per heavy atom. The number of esters is 1. The number of phenols is 1. The van der Waals surface area contributed by atoms with Crippen LogP contribution in [-0.4, -0.2) is 41.2 Å². The summed E-state index contributed by atoms with van der Waals surface area (Å²) < 4.78 is 4.35. The van der Waals surface area contributed by atoms with Crippen LogP contribution in [0.4, 0.5) is 5.69 Å². The third-order valence-corrected chi connectivity index (χ3v) is 6.50. The predicted octanol–water partition coefficient (Wildman–Crippen LogP) is 6.04. The van der Waals surface area contributed by atoms with Gasteiger partial charge in [0.2, 0.25) is 5.91 Å². The van der Waals surface area contributed by atoms with Gasteiger partial charge in [-0.25, -0.2) is 4.79 Å². The number of likely N-dealkylation sites (N-methyl/N-ethyl adjacent to an activating group) is 1. The number of aromatic hydroxyl groups is 1. The van der Waals surface area contributed by atoms with Crippen molar-refractivity contribution in [3.63, 3.8) is 0 Å². The summed E-state index contributed by atoms with van der Waals surface area (Å²) in [6.07, 6.45) is 1.57. The van der Waals surface area contributed by atoms with Gasteiger partial charge in [0.15, 0.2) is 10.1 Å². The molecule has 194 valence electrons. The maximum atomic E-state index is 14.2. The largest absolute Gasteiger partial charge is 0.507 e. The Balaban J connectivity index is 0.000000786. The number of ether oxygens (including phenoxy) is 1. The van der Waals surface area contributed by atoms with E-state index in [0.29, 0.717) is 22.4 Å². The van der Waals surface area contributed by atoms with E-state index in [9.17, 15) is 19.5 Å². The van der Waals surface area contributed by atoms with Crippen LogP contribution in [-0.2, 0) is 19.7 Å². The van der Waals surface area contributed by atoms with Gasteiger partial charge in [-0.1, -0.05) is 95.5 Å². The van der Waals surface area contributed by atoms with Crippen LogP contribution in [0.1, 0.15) is 21.5 Å². The second-order valence-corrected chi connectivity index (χ2v) is 10.4. The molecule has 2 aliphatic rings. The number of alkyl halides is 3. The second kappa shape index (κ2) is 11.0. The van der Waals surface area contributed by atoms with Crippen LogP contribution >= 0.6 is 34.8 Å². The number of para-hydroxylation sites is 2. The molecule has 0 fully saturated rings. The van der Waals surface area contributed by atoms with Gasteiger partial charge in [-0.3, -0.25) is 9.59 Å². The molecule has 0 saturated heterocycles. The maximum absolute atomic E-state index is 14.2. The fraction of sp³-hybridized carbons (Fsp3) is 0.138. The molecule has 0 bridgehead atoms. The Kier molecular flexibility index (Phi) is 7.97. The Hall–Kier alpha value is -3.58. The number of fused-ring (bicyclic) bond motifs is 2. The van der Waals surface area contributed by atoms with Crippen molar-refractivity contribution < 1.29 is 24.2 Å². The Morgan fingerprint density at radius 2 is 1.50 bits per heavy atom. The monoisotopic (exact) mass is 569 g/mol. The lowest BCUT2D eigenvalue weighted by Gasteiger charge is -2.29. The minimum absolute atomic E-state index is 0.0460. The molecule has 1 spiro atoms. The molecular formula is C29H22Cl3NO5. The molecule has 0 radical (unpaired) electrons. The topological polar surface area (TPSA) is 83.9 Å². The number of amides is 1. The van der Waals surface area contributed by atoms with Crippen molar-refractivity contribution in [1.29, 1.82) is 0 Å². The highest BCUT2D eigenvalue weighted by molar-refractivity contribution is 6.63. The molecule has 0 saturated carbocycles. The summed E-state index contributed by atoms with van der Waals surface area (Å²) in [5.74, 6) is -1.88. The lowest BCUT2D eigenvalue weighted by Crippen LogP contribution is -2.44. The van der Waals surface area contributed by atoms with E-state index in [1.807, 2.05) is 30.3 Å². The van der Waals surface area contributed by atoms with Crippen molar-refractivity contribution >= 4 is 63.7 Å². The SMILES string of the molecule is COC(=O)C1=CC(c2ccccc2)=C(C(=O)c2ccccc2O)[C@@]12C(=O)N(C)c1ccccc12.ClC(Cl)Cl. The van der Waals surface area contributed by atoms with Gasteiger partial charge in [0, 0.05) is 23.9 Å². The molecule has 3 aromatic carbocycles. The van der Waals surface area contributed by atoms with Crippen molar-refractivity contribution in [2.75, 3.05) is 19.1 Å². The van der Waals surface area contributed by atoms with Crippen LogP contribution in [0.5, 0.6) is 5.75 Å². The number of anilines is 1. The summed E-state index contributed by atoms with van der Waals surface area (Å²) in [4.78, 5) is 42.8.